The highest BCUT2D eigenvalue weighted by atomic mass is 16.5. The first-order valence-electron chi connectivity index (χ1n) is 7.39. The molecule has 22 heavy (non-hydrogen) atoms. The average Bonchev–Trinajstić information content (AvgIpc) is 2.50. The number of ether oxygens (including phenoxy) is 1. The minimum absolute atomic E-state index is 0.133. The molecule has 0 heterocycles. The van der Waals surface area contributed by atoms with Crippen LogP contribution in [-0.2, 0) is 9.53 Å². The van der Waals surface area contributed by atoms with Crippen molar-refractivity contribution in [3.05, 3.63) is 35.9 Å². The molecule has 6 nitrogen and oxygen atoms in total. The van der Waals surface area contributed by atoms with Gasteiger partial charge >= 0.3 is 5.97 Å². The summed E-state index contributed by atoms with van der Waals surface area (Å²) < 4.78 is 4.84. The molecule has 0 aliphatic heterocycles. The maximum atomic E-state index is 11.8. The molecule has 1 aromatic carbocycles. The number of aliphatic imine (C=N–C) groups is 1. The van der Waals surface area contributed by atoms with E-state index in [9.17, 15) is 9.59 Å². The molecule has 0 saturated carbocycles. The van der Waals surface area contributed by atoms with Crippen molar-refractivity contribution < 1.29 is 14.3 Å². The summed E-state index contributed by atoms with van der Waals surface area (Å²) in [5.74, 6) is -0.372. The van der Waals surface area contributed by atoms with Gasteiger partial charge in [-0.25, -0.2) is 0 Å². The summed E-state index contributed by atoms with van der Waals surface area (Å²) in [4.78, 5) is 26.5. The number of amides is 1. The van der Waals surface area contributed by atoms with Gasteiger partial charge in [-0.1, -0.05) is 24.6 Å². The van der Waals surface area contributed by atoms with Crippen molar-refractivity contribution in [2.45, 2.75) is 32.6 Å². The molecule has 0 saturated heterocycles. The van der Waals surface area contributed by atoms with Crippen molar-refractivity contribution in [3.63, 3.8) is 0 Å². The standard InChI is InChI=1S/C16H23N3O3/c1-13(20)22-12-8-3-2-7-11-18-16(17)19-15(21)14-9-5-4-6-10-14/h4-6,9-10H,2-3,7-8,11-12H2,1H3,(H3,17,18,19,21). The first-order chi connectivity index (χ1) is 10.6. The number of benzene rings is 1. The number of nitrogens with zero attached hydrogens (tertiary/aromatic N) is 1. The Balaban J connectivity index is 2.13. The van der Waals surface area contributed by atoms with Gasteiger partial charge in [0, 0.05) is 19.0 Å². The molecular formula is C16H23N3O3. The van der Waals surface area contributed by atoms with E-state index in [1.807, 2.05) is 6.07 Å². The van der Waals surface area contributed by atoms with Crippen molar-refractivity contribution in [2.75, 3.05) is 13.2 Å². The molecule has 0 aromatic heterocycles. The van der Waals surface area contributed by atoms with Gasteiger partial charge < -0.3 is 10.5 Å². The van der Waals surface area contributed by atoms with Crippen LogP contribution in [0.15, 0.2) is 35.3 Å². The number of carbonyl (C=O) groups is 2. The zero-order chi connectivity index (χ0) is 16.2. The average molecular weight is 305 g/mol. The number of nitrogens with two attached hydrogens (primary N) is 1. The smallest absolute Gasteiger partial charge is 0.302 e. The molecule has 1 aromatic rings. The van der Waals surface area contributed by atoms with Gasteiger partial charge in [-0.05, 0) is 31.4 Å². The van der Waals surface area contributed by atoms with Crippen LogP contribution < -0.4 is 11.1 Å². The molecule has 120 valence electrons. The second kappa shape index (κ2) is 10.4. The molecule has 0 unspecified atom stereocenters. The van der Waals surface area contributed by atoms with E-state index in [2.05, 4.69) is 10.3 Å². The Bertz CT molecular complexity index is 501. The Morgan fingerprint density at radius 2 is 1.82 bits per heavy atom. The van der Waals surface area contributed by atoms with Gasteiger partial charge in [0.15, 0.2) is 5.96 Å². The van der Waals surface area contributed by atoms with Gasteiger partial charge in [-0.2, -0.15) is 0 Å². The number of esters is 1. The van der Waals surface area contributed by atoms with Crippen LogP contribution in [0.5, 0.6) is 0 Å². The van der Waals surface area contributed by atoms with E-state index >= 15 is 0 Å². The molecule has 1 amide bonds. The summed E-state index contributed by atoms with van der Waals surface area (Å²) in [5.41, 5.74) is 6.22. The van der Waals surface area contributed by atoms with Crippen LogP contribution in [0.3, 0.4) is 0 Å². The van der Waals surface area contributed by atoms with Gasteiger partial charge in [0.1, 0.15) is 0 Å². The Hall–Kier alpha value is -2.37. The van der Waals surface area contributed by atoms with Crippen LogP contribution in [0.1, 0.15) is 43.0 Å². The highest BCUT2D eigenvalue weighted by Gasteiger charge is 2.04. The van der Waals surface area contributed by atoms with Crippen LogP contribution in [-0.4, -0.2) is 31.0 Å². The maximum Gasteiger partial charge on any atom is 0.302 e. The van der Waals surface area contributed by atoms with Crippen molar-refractivity contribution in [2.24, 2.45) is 10.7 Å². The predicted molar refractivity (Wildman–Crippen MR) is 85.5 cm³/mol. The van der Waals surface area contributed by atoms with E-state index < -0.39 is 0 Å². The lowest BCUT2D eigenvalue weighted by atomic mass is 10.2. The largest absolute Gasteiger partial charge is 0.466 e. The van der Waals surface area contributed by atoms with Crippen molar-refractivity contribution in [1.82, 2.24) is 5.32 Å². The van der Waals surface area contributed by atoms with E-state index in [1.165, 1.54) is 6.92 Å². The Labute approximate surface area is 130 Å². The van der Waals surface area contributed by atoms with Crippen LogP contribution in [0, 0.1) is 0 Å². The molecule has 0 aliphatic rings. The van der Waals surface area contributed by atoms with Gasteiger partial charge in [0.2, 0.25) is 0 Å². The highest BCUT2D eigenvalue weighted by molar-refractivity contribution is 6.05. The predicted octanol–water partition coefficient (Wildman–Crippen LogP) is 1.85. The fourth-order valence-electron chi connectivity index (χ4n) is 1.80. The van der Waals surface area contributed by atoms with Gasteiger partial charge in [0.25, 0.3) is 5.91 Å². The summed E-state index contributed by atoms with van der Waals surface area (Å²) in [6.45, 7) is 2.43. The number of carbonyl (C=O) groups excluding carboxylic acids is 2. The van der Waals surface area contributed by atoms with E-state index in [0.29, 0.717) is 18.7 Å². The second-order valence-corrected chi connectivity index (χ2v) is 4.84. The number of unbranched alkanes of at least 4 members (excludes halogenated alkanes) is 3. The fraction of sp³-hybridized carbons (Fsp3) is 0.438. The zero-order valence-corrected chi connectivity index (χ0v) is 12.9. The molecule has 0 atom stereocenters. The number of guanidine groups is 1. The molecule has 1 rings (SSSR count). The Morgan fingerprint density at radius 1 is 1.14 bits per heavy atom. The van der Waals surface area contributed by atoms with E-state index in [1.54, 1.807) is 24.3 Å². The minimum atomic E-state index is -0.261. The van der Waals surface area contributed by atoms with Gasteiger partial charge in [0.05, 0.1) is 6.61 Å². The molecule has 0 fully saturated rings. The molecule has 6 heteroatoms. The Morgan fingerprint density at radius 3 is 2.50 bits per heavy atom. The monoisotopic (exact) mass is 305 g/mol. The maximum absolute atomic E-state index is 11.8. The van der Waals surface area contributed by atoms with Crippen LogP contribution >= 0.6 is 0 Å². The zero-order valence-electron chi connectivity index (χ0n) is 12.9. The number of hydrogen-bond acceptors (Lipinski definition) is 4. The number of rotatable bonds is 8. The summed E-state index contributed by atoms with van der Waals surface area (Å²) in [7, 11) is 0. The van der Waals surface area contributed by atoms with E-state index in [4.69, 9.17) is 10.5 Å². The summed E-state index contributed by atoms with van der Waals surface area (Å²) in [6, 6.07) is 8.85. The SMILES string of the molecule is CC(=O)OCCCCCCN=C(N)NC(=O)c1ccccc1. The van der Waals surface area contributed by atoms with Gasteiger partial charge in [-0.15, -0.1) is 0 Å². The molecule has 0 bridgehead atoms. The minimum Gasteiger partial charge on any atom is -0.466 e. The number of hydrogen-bond donors (Lipinski definition) is 2. The lowest BCUT2D eigenvalue weighted by Gasteiger charge is -2.04. The summed E-state index contributed by atoms with van der Waals surface area (Å²) >= 11 is 0. The third-order valence-corrected chi connectivity index (χ3v) is 2.92. The van der Waals surface area contributed by atoms with Crippen LogP contribution in [0.4, 0.5) is 0 Å². The normalized spacial score (nSPS) is 11.0. The lowest BCUT2D eigenvalue weighted by Crippen LogP contribution is -2.36. The number of nitrogens with one attached hydrogen (secondary N) is 1. The quantitative estimate of drug-likeness (QED) is 0.332. The molecule has 0 spiro atoms. The van der Waals surface area contributed by atoms with E-state index in [-0.39, 0.29) is 17.8 Å². The van der Waals surface area contributed by atoms with Crippen LogP contribution in [0.25, 0.3) is 0 Å². The van der Waals surface area contributed by atoms with Crippen molar-refractivity contribution in [1.29, 1.82) is 0 Å². The fourth-order valence-corrected chi connectivity index (χ4v) is 1.80. The molecule has 0 aliphatic carbocycles. The first-order valence-corrected chi connectivity index (χ1v) is 7.39. The third-order valence-electron chi connectivity index (χ3n) is 2.92. The lowest BCUT2D eigenvalue weighted by molar-refractivity contribution is -0.141. The molecular weight excluding hydrogens is 282 g/mol. The third kappa shape index (κ3) is 8.04. The Kier molecular flexibility index (Phi) is 8.33. The van der Waals surface area contributed by atoms with Crippen molar-refractivity contribution >= 4 is 17.8 Å². The van der Waals surface area contributed by atoms with Gasteiger partial charge in [-0.3, -0.25) is 19.9 Å². The second-order valence-electron chi connectivity index (χ2n) is 4.84. The molecule has 3 N–H and O–H groups in total. The highest BCUT2D eigenvalue weighted by Crippen LogP contribution is 2.01. The molecule has 0 radical (unpaired) electrons. The van der Waals surface area contributed by atoms with Crippen molar-refractivity contribution in [3.8, 4) is 0 Å². The van der Waals surface area contributed by atoms with Crippen LogP contribution in [0.2, 0.25) is 0 Å². The first kappa shape index (κ1) is 17.7. The summed E-state index contributed by atoms with van der Waals surface area (Å²) in [5, 5.41) is 2.55. The topological polar surface area (TPSA) is 93.8 Å². The summed E-state index contributed by atoms with van der Waals surface area (Å²) in [6.07, 6.45) is 3.68. The van der Waals surface area contributed by atoms with E-state index in [0.717, 1.165) is 25.7 Å².